The van der Waals surface area contributed by atoms with Gasteiger partial charge in [-0.1, -0.05) is 0 Å². The second-order valence-electron chi connectivity index (χ2n) is 4.22. The molecule has 0 aromatic carbocycles. The lowest BCUT2D eigenvalue weighted by molar-refractivity contribution is -0.143. The second kappa shape index (κ2) is 8.29. The van der Waals surface area contributed by atoms with Crippen molar-refractivity contribution in [1.29, 1.82) is 0 Å². The quantitative estimate of drug-likeness (QED) is 0.727. The van der Waals surface area contributed by atoms with Crippen LogP contribution >= 0.6 is 12.4 Å². The lowest BCUT2D eigenvalue weighted by atomic mass is 10.0. The van der Waals surface area contributed by atoms with E-state index >= 15 is 0 Å². The van der Waals surface area contributed by atoms with Crippen LogP contribution in [0.5, 0.6) is 0 Å². The maximum absolute atomic E-state index is 12.1. The number of hydrogen-bond donors (Lipinski definition) is 2. The third-order valence-corrected chi connectivity index (χ3v) is 3.00. The first-order valence-electron chi connectivity index (χ1n) is 5.88. The van der Waals surface area contributed by atoms with E-state index in [0.29, 0.717) is 13.0 Å². The van der Waals surface area contributed by atoms with Crippen molar-refractivity contribution in [3.8, 4) is 0 Å². The molecule has 1 saturated heterocycles. The molecule has 0 saturated carbocycles. The highest BCUT2D eigenvalue weighted by Gasteiger charge is 2.33. The minimum absolute atomic E-state index is 0. The topological polar surface area (TPSA) is 84.7 Å². The number of rotatable bonds is 4. The number of nitrogens with one attached hydrogen (secondary N) is 1. The van der Waals surface area contributed by atoms with E-state index in [2.05, 4.69) is 5.32 Å². The van der Waals surface area contributed by atoms with E-state index in [0.717, 1.165) is 12.8 Å². The van der Waals surface area contributed by atoms with Crippen molar-refractivity contribution in [2.45, 2.75) is 31.3 Å². The average Bonchev–Trinajstić information content (AvgIpc) is 2.37. The fraction of sp³-hybridized carbons (Fsp3) is 0.818. The highest BCUT2D eigenvalue weighted by Crippen LogP contribution is 2.17. The van der Waals surface area contributed by atoms with Crippen molar-refractivity contribution in [2.24, 2.45) is 5.73 Å². The highest BCUT2D eigenvalue weighted by molar-refractivity contribution is 5.89. The molecule has 2 atom stereocenters. The van der Waals surface area contributed by atoms with Crippen molar-refractivity contribution in [3.63, 3.8) is 0 Å². The first kappa shape index (κ1) is 17.2. The fourth-order valence-corrected chi connectivity index (χ4v) is 2.10. The Balaban J connectivity index is 0.00000289. The molecule has 1 fully saturated rings. The largest absolute Gasteiger partial charge is 0.383 e. The van der Waals surface area contributed by atoms with Crippen molar-refractivity contribution in [2.75, 3.05) is 27.3 Å². The van der Waals surface area contributed by atoms with E-state index < -0.39 is 6.04 Å². The third kappa shape index (κ3) is 4.12. The van der Waals surface area contributed by atoms with E-state index in [1.807, 2.05) is 0 Å². The second-order valence-corrected chi connectivity index (χ2v) is 4.22. The standard InChI is InChI=1S/C11H21N3O3.ClH/c1-13-10(15)9-5-3-4-6-14(9)11(16)8(12)7-17-2;/h8-9H,3-7,12H2,1-2H3,(H,13,15);1H. The maximum atomic E-state index is 12.1. The average molecular weight is 280 g/mol. The van der Waals surface area contributed by atoms with Gasteiger partial charge in [0.15, 0.2) is 0 Å². The summed E-state index contributed by atoms with van der Waals surface area (Å²) < 4.78 is 4.86. The number of nitrogens with two attached hydrogens (primary N) is 1. The summed E-state index contributed by atoms with van der Waals surface area (Å²) in [7, 11) is 3.08. The normalized spacial score (nSPS) is 20.8. The maximum Gasteiger partial charge on any atom is 0.242 e. The van der Waals surface area contributed by atoms with Gasteiger partial charge in [0.2, 0.25) is 11.8 Å². The van der Waals surface area contributed by atoms with Crippen LogP contribution in [0.3, 0.4) is 0 Å². The van der Waals surface area contributed by atoms with Crippen LogP contribution in [0.4, 0.5) is 0 Å². The lowest BCUT2D eigenvalue weighted by Gasteiger charge is -2.35. The van der Waals surface area contributed by atoms with Gasteiger partial charge in [-0.3, -0.25) is 9.59 Å². The van der Waals surface area contributed by atoms with Gasteiger partial charge in [0.25, 0.3) is 0 Å². The summed E-state index contributed by atoms with van der Waals surface area (Å²) in [6, 6.07) is -1.07. The van der Waals surface area contributed by atoms with Gasteiger partial charge in [0, 0.05) is 20.7 Å². The van der Waals surface area contributed by atoms with Crippen LogP contribution in [0.15, 0.2) is 0 Å². The zero-order valence-corrected chi connectivity index (χ0v) is 11.7. The Morgan fingerprint density at radius 3 is 2.72 bits per heavy atom. The number of piperidine rings is 1. The van der Waals surface area contributed by atoms with Crippen LogP contribution in [-0.4, -0.2) is 56.1 Å². The number of amides is 2. The first-order valence-corrected chi connectivity index (χ1v) is 5.88. The van der Waals surface area contributed by atoms with Gasteiger partial charge in [0.1, 0.15) is 12.1 Å². The summed E-state index contributed by atoms with van der Waals surface area (Å²) in [6.07, 6.45) is 2.57. The lowest BCUT2D eigenvalue weighted by Crippen LogP contribution is -2.56. The first-order chi connectivity index (χ1) is 8.11. The monoisotopic (exact) mass is 279 g/mol. The SMILES string of the molecule is CNC(=O)C1CCCCN1C(=O)C(N)COC.Cl. The molecule has 2 unspecified atom stereocenters. The van der Waals surface area contributed by atoms with Crippen molar-refractivity contribution < 1.29 is 14.3 Å². The molecule has 18 heavy (non-hydrogen) atoms. The Morgan fingerprint density at radius 1 is 1.50 bits per heavy atom. The highest BCUT2D eigenvalue weighted by atomic mass is 35.5. The predicted octanol–water partition coefficient (Wildman–Crippen LogP) is -0.491. The number of ether oxygens (including phenoxy) is 1. The third-order valence-electron chi connectivity index (χ3n) is 3.00. The summed E-state index contributed by atoms with van der Waals surface area (Å²) in [5.74, 6) is -0.331. The summed E-state index contributed by atoms with van der Waals surface area (Å²) in [5, 5.41) is 2.59. The van der Waals surface area contributed by atoms with Crippen LogP contribution in [0.2, 0.25) is 0 Å². The zero-order chi connectivity index (χ0) is 12.8. The minimum atomic E-state index is -0.690. The van der Waals surface area contributed by atoms with Gasteiger partial charge in [-0.25, -0.2) is 0 Å². The molecule has 0 aliphatic carbocycles. The molecule has 0 spiro atoms. The summed E-state index contributed by atoms with van der Waals surface area (Å²) in [4.78, 5) is 25.3. The number of hydrogen-bond acceptors (Lipinski definition) is 4. The molecular weight excluding hydrogens is 258 g/mol. The number of halogens is 1. The molecule has 106 valence electrons. The van der Waals surface area contributed by atoms with E-state index in [4.69, 9.17) is 10.5 Å². The fourth-order valence-electron chi connectivity index (χ4n) is 2.10. The van der Waals surface area contributed by atoms with Crippen LogP contribution in [0, 0.1) is 0 Å². The van der Waals surface area contributed by atoms with Crippen LogP contribution in [0.1, 0.15) is 19.3 Å². The zero-order valence-electron chi connectivity index (χ0n) is 10.8. The number of nitrogens with zero attached hydrogens (tertiary/aromatic N) is 1. The van der Waals surface area contributed by atoms with Crippen molar-refractivity contribution in [3.05, 3.63) is 0 Å². The molecule has 3 N–H and O–H groups in total. The van der Waals surface area contributed by atoms with Gasteiger partial charge in [-0.05, 0) is 19.3 Å². The predicted molar refractivity (Wildman–Crippen MR) is 70.5 cm³/mol. The molecule has 0 radical (unpaired) electrons. The smallest absolute Gasteiger partial charge is 0.242 e. The van der Waals surface area contributed by atoms with E-state index in [1.54, 1.807) is 11.9 Å². The Kier molecular flexibility index (Phi) is 7.90. The van der Waals surface area contributed by atoms with Gasteiger partial charge in [-0.15, -0.1) is 12.4 Å². The van der Waals surface area contributed by atoms with Crippen molar-refractivity contribution >= 4 is 24.2 Å². The molecule has 1 aliphatic heterocycles. The Hall–Kier alpha value is -0.850. The minimum Gasteiger partial charge on any atom is -0.383 e. The number of carbonyl (C=O) groups excluding carboxylic acids is 2. The number of likely N-dealkylation sites (tertiary alicyclic amines) is 1. The molecule has 2 amide bonds. The number of likely N-dealkylation sites (N-methyl/N-ethyl adjacent to an activating group) is 1. The molecule has 0 bridgehead atoms. The number of carbonyl (C=O) groups is 2. The van der Waals surface area contributed by atoms with Gasteiger partial charge < -0.3 is 20.7 Å². The Bertz CT molecular complexity index is 289. The van der Waals surface area contributed by atoms with Gasteiger partial charge in [-0.2, -0.15) is 0 Å². The summed E-state index contributed by atoms with van der Waals surface area (Å²) in [5.41, 5.74) is 5.71. The molecule has 1 heterocycles. The Morgan fingerprint density at radius 2 is 2.17 bits per heavy atom. The van der Waals surface area contributed by atoms with Crippen LogP contribution in [0.25, 0.3) is 0 Å². The van der Waals surface area contributed by atoms with E-state index in [-0.39, 0.29) is 36.9 Å². The van der Waals surface area contributed by atoms with Gasteiger partial charge in [0.05, 0.1) is 6.61 Å². The van der Waals surface area contributed by atoms with Crippen molar-refractivity contribution in [1.82, 2.24) is 10.2 Å². The molecule has 7 heteroatoms. The van der Waals surface area contributed by atoms with Gasteiger partial charge >= 0.3 is 0 Å². The Labute approximate surface area is 114 Å². The molecule has 1 rings (SSSR count). The molecule has 1 aliphatic rings. The van der Waals surface area contributed by atoms with Crippen LogP contribution < -0.4 is 11.1 Å². The number of methoxy groups -OCH3 is 1. The molecular formula is C11H22ClN3O3. The van der Waals surface area contributed by atoms with E-state index in [9.17, 15) is 9.59 Å². The summed E-state index contributed by atoms with van der Waals surface area (Å²) in [6.45, 7) is 0.768. The molecule has 0 aromatic rings. The van der Waals surface area contributed by atoms with E-state index in [1.165, 1.54) is 7.11 Å². The molecule has 0 aromatic heterocycles. The molecule has 6 nitrogen and oxygen atoms in total. The van der Waals surface area contributed by atoms with Crippen LogP contribution in [-0.2, 0) is 14.3 Å². The summed E-state index contributed by atoms with van der Waals surface area (Å²) >= 11 is 0.